The Bertz CT molecular complexity index is 653. The third-order valence-corrected chi connectivity index (χ3v) is 2.54. The smallest absolute Gasteiger partial charge is 0.356 e. The number of methoxy groups -OCH3 is 1. The van der Waals surface area contributed by atoms with Gasteiger partial charge in [0, 0.05) is 0 Å². The fraction of sp³-hybridized carbons (Fsp3) is 0.400. The number of terminal acetylenes is 1. The molecule has 0 amide bonds. The lowest BCUT2D eigenvalue weighted by atomic mass is 10.1. The number of carboxylic acids is 1. The van der Waals surface area contributed by atoms with Crippen molar-refractivity contribution in [1.29, 1.82) is 0 Å². The number of hydrogen-bond donors (Lipinski definition) is 2. The van der Waals surface area contributed by atoms with Crippen LogP contribution in [-0.4, -0.2) is 34.7 Å². The zero-order valence-corrected chi connectivity index (χ0v) is 12.9. The van der Waals surface area contributed by atoms with Crippen molar-refractivity contribution in [1.82, 2.24) is 4.98 Å². The Morgan fingerprint density at radius 3 is 2.41 bits per heavy atom. The maximum atomic E-state index is 12.4. The monoisotopic (exact) mass is 306 g/mol. The number of pyridine rings is 1. The lowest BCUT2D eigenvalue weighted by Crippen LogP contribution is -2.26. The number of rotatable bonds is 4. The molecular formula is C15H18N2O5. The minimum atomic E-state index is -1.34. The van der Waals surface area contributed by atoms with Gasteiger partial charge >= 0.3 is 11.9 Å². The summed E-state index contributed by atoms with van der Waals surface area (Å²) in [7, 11) is 1.27. The Balaban J connectivity index is 3.60. The Hall–Kier alpha value is -2.75. The molecule has 0 saturated carbocycles. The van der Waals surface area contributed by atoms with Crippen LogP contribution in [0, 0.1) is 12.3 Å². The van der Waals surface area contributed by atoms with Gasteiger partial charge in [0.05, 0.1) is 19.2 Å². The first kappa shape index (κ1) is 17.3. The van der Waals surface area contributed by atoms with Crippen LogP contribution in [0.15, 0.2) is 0 Å². The van der Waals surface area contributed by atoms with Crippen molar-refractivity contribution in [3.8, 4) is 18.1 Å². The summed E-state index contributed by atoms with van der Waals surface area (Å²) in [5, 5.41) is 9.13. The Morgan fingerprint density at radius 2 is 2.00 bits per heavy atom. The average molecular weight is 306 g/mol. The standard InChI is InChI=1S/C15H18N2O5/c1-6-7-8-9(14(20)22-15(2,3)4)12(21-5)10(16)11(17-8)13(18)19/h1H,7,16H2,2-5H3,(H,18,19). The van der Waals surface area contributed by atoms with Gasteiger partial charge < -0.3 is 20.3 Å². The predicted molar refractivity (Wildman–Crippen MR) is 79.9 cm³/mol. The quantitative estimate of drug-likeness (QED) is 0.640. The largest absolute Gasteiger partial charge is 0.494 e. The molecule has 0 spiro atoms. The van der Waals surface area contributed by atoms with E-state index >= 15 is 0 Å². The van der Waals surface area contributed by atoms with E-state index in [1.165, 1.54) is 7.11 Å². The topological polar surface area (TPSA) is 112 Å². The van der Waals surface area contributed by atoms with Crippen molar-refractivity contribution in [3.63, 3.8) is 0 Å². The minimum absolute atomic E-state index is 0.0575. The maximum Gasteiger partial charge on any atom is 0.356 e. The minimum Gasteiger partial charge on any atom is -0.494 e. The number of carboxylic acid groups (broad SMARTS) is 1. The molecule has 7 nitrogen and oxygen atoms in total. The second kappa shape index (κ2) is 6.35. The fourth-order valence-corrected chi connectivity index (χ4v) is 1.76. The van der Waals surface area contributed by atoms with Crippen LogP contribution in [0.2, 0.25) is 0 Å². The van der Waals surface area contributed by atoms with Crippen LogP contribution in [0.5, 0.6) is 5.75 Å². The molecule has 0 unspecified atom stereocenters. The molecule has 0 aromatic carbocycles. The van der Waals surface area contributed by atoms with Crippen molar-refractivity contribution in [3.05, 3.63) is 17.0 Å². The second-order valence-electron chi connectivity index (χ2n) is 5.42. The highest BCUT2D eigenvalue weighted by Gasteiger charge is 2.29. The first-order chi connectivity index (χ1) is 10.1. The molecule has 3 N–H and O–H groups in total. The summed E-state index contributed by atoms with van der Waals surface area (Å²) in [6, 6.07) is 0. The molecule has 1 aromatic heterocycles. The highest BCUT2D eigenvalue weighted by molar-refractivity contribution is 6.00. The van der Waals surface area contributed by atoms with E-state index in [2.05, 4.69) is 10.9 Å². The lowest BCUT2D eigenvalue weighted by Gasteiger charge is -2.22. The van der Waals surface area contributed by atoms with Gasteiger partial charge in [0.15, 0.2) is 11.4 Å². The van der Waals surface area contributed by atoms with Crippen LogP contribution in [-0.2, 0) is 11.2 Å². The van der Waals surface area contributed by atoms with Gasteiger partial charge in [-0.15, -0.1) is 12.3 Å². The number of esters is 1. The van der Waals surface area contributed by atoms with E-state index in [1.807, 2.05) is 0 Å². The van der Waals surface area contributed by atoms with Gasteiger partial charge in [0.2, 0.25) is 0 Å². The fourth-order valence-electron chi connectivity index (χ4n) is 1.76. The van der Waals surface area contributed by atoms with Crippen molar-refractivity contribution >= 4 is 17.6 Å². The van der Waals surface area contributed by atoms with Gasteiger partial charge in [-0.1, -0.05) is 0 Å². The van der Waals surface area contributed by atoms with Gasteiger partial charge in [0.25, 0.3) is 0 Å². The SMILES string of the molecule is C#CCc1nc(C(=O)O)c(N)c(OC)c1C(=O)OC(C)(C)C. The number of nitrogens with zero attached hydrogens (tertiary/aromatic N) is 1. The molecule has 22 heavy (non-hydrogen) atoms. The molecule has 0 fully saturated rings. The molecule has 0 aliphatic heterocycles. The molecule has 0 aliphatic rings. The summed E-state index contributed by atoms with van der Waals surface area (Å²) in [6.45, 7) is 5.09. The molecule has 0 atom stereocenters. The number of anilines is 1. The number of aromatic carboxylic acids is 1. The molecule has 0 radical (unpaired) electrons. The second-order valence-corrected chi connectivity index (χ2v) is 5.42. The summed E-state index contributed by atoms with van der Waals surface area (Å²) in [5.74, 6) is 0.141. The molecule has 0 bridgehead atoms. The number of nitrogens with two attached hydrogens (primary N) is 1. The van der Waals surface area contributed by atoms with Gasteiger partial charge in [-0.2, -0.15) is 0 Å². The van der Waals surface area contributed by atoms with E-state index in [1.54, 1.807) is 20.8 Å². The molecule has 7 heteroatoms. The van der Waals surface area contributed by atoms with Crippen LogP contribution >= 0.6 is 0 Å². The van der Waals surface area contributed by atoms with Gasteiger partial charge in [-0.3, -0.25) is 0 Å². The lowest BCUT2D eigenvalue weighted by molar-refractivity contribution is 0.00644. The first-order valence-corrected chi connectivity index (χ1v) is 6.38. The predicted octanol–water partition coefficient (Wildman–Crippen LogP) is 1.50. The summed E-state index contributed by atoms with van der Waals surface area (Å²) >= 11 is 0. The number of carbonyl (C=O) groups excluding carboxylic acids is 1. The molecular weight excluding hydrogens is 288 g/mol. The third-order valence-electron chi connectivity index (χ3n) is 2.54. The molecule has 118 valence electrons. The van der Waals surface area contributed by atoms with Crippen molar-refractivity contribution < 1.29 is 24.2 Å². The highest BCUT2D eigenvalue weighted by atomic mass is 16.6. The van der Waals surface area contributed by atoms with Crippen LogP contribution in [0.1, 0.15) is 47.3 Å². The molecule has 0 aliphatic carbocycles. The van der Waals surface area contributed by atoms with Gasteiger partial charge in [-0.05, 0) is 20.8 Å². The molecule has 0 saturated heterocycles. The number of ether oxygens (including phenoxy) is 2. The van der Waals surface area contributed by atoms with E-state index in [0.717, 1.165) is 0 Å². The number of hydrogen-bond acceptors (Lipinski definition) is 6. The number of aromatic nitrogens is 1. The summed E-state index contributed by atoms with van der Waals surface area (Å²) in [4.78, 5) is 27.4. The summed E-state index contributed by atoms with van der Waals surface area (Å²) in [6.07, 6.45) is 5.19. The molecule has 1 heterocycles. The summed E-state index contributed by atoms with van der Waals surface area (Å²) < 4.78 is 10.4. The van der Waals surface area contributed by atoms with E-state index in [4.69, 9.17) is 26.7 Å². The Kier molecular flexibility index (Phi) is 4.99. The van der Waals surface area contributed by atoms with Gasteiger partial charge in [-0.25, -0.2) is 14.6 Å². The molecule has 1 rings (SSSR count). The first-order valence-electron chi connectivity index (χ1n) is 6.38. The maximum absolute atomic E-state index is 12.4. The molecule has 1 aromatic rings. The van der Waals surface area contributed by atoms with Crippen LogP contribution in [0.3, 0.4) is 0 Å². The van der Waals surface area contributed by atoms with E-state index < -0.39 is 23.2 Å². The van der Waals surface area contributed by atoms with Crippen LogP contribution in [0.25, 0.3) is 0 Å². The summed E-state index contributed by atoms with van der Waals surface area (Å²) in [5.41, 5.74) is 4.32. The van der Waals surface area contributed by atoms with E-state index in [-0.39, 0.29) is 29.1 Å². The van der Waals surface area contributed by atoms with Crippen LogP contribution in [0.4, 0.5) is 5.69 Å². The number of carbonyl (C=O) groups is 2. The van der Waals surface area contributed by atoms with Crippen molar-refractivity contribution in [2.24, 2.45) is 0 Å². The number of nitrogen functional groups attached to an aromatic ring is 1. The Morgan fingerprint density at radius 1 is 1.41 bits per heavy atom. The highest BCUT2D eigenvalue weighted by Crippen LogP contribution is 2.32. The van der Waals surface area contributed by atoms with Crippen molar-refractivity contribution in [2.75, 3.05) is 12.8 Å². The zero-order chi connectivity index (χ0) is 17.1. The van der Waals surface area contributed by atoms with Crippen LogP contribution < -0.4 is 10.5 Å². The van der Waals surface area contributed by atoms with E-state index in [9.17, 15) is 9.59 Å². The van der Waals surface area contributed by atoms with Crippen molar-refractivity contribution in [2.45, 2.75) is 32.8 Å². The van der Waals surface area contributed by atoms with E-state index in [0.29, 0.717) is 0 Å². The van der Waals surface area contributed by atoms with Gasteiger partial charge in [0.1, 0.15) is 16.9 Å². The third kappa shape index (κ3) is 3.67. The average Bonchev–Trinajstić information content (AvgIpc) is 2.37. The Labute approximate surface area is 128 Å². The normalized spacial score (nSPS) is 10.7. The zero-order valence-electron chi connectivity index (χ0n) is 12.9.